The van der Waals surface area contributed by atoms with Crippen LogP contribution in [0.25, 0.3) is 0 Å². The second kappa shape index (κ2) is 6.84. The van der Waals surface area contributed by atoms with Gasteiger partial charge in [0, 0.05) is 0 Å². The zero-order chi connectivity index (χ0) is 19.4. The molecule has 4 rings (SSSR count). The van der Waals surface area contributed by atoms with Gasteiger partial charge < -0.3 is 10.8 Å². The molecule has 0 aromatic heterocycles. The number of aliphatic hydroxyl groups excluding tert-OH is 1. The number of nitrogens with one attached hydrogen (secondary N) is 1. The van der Waals surface area contributed by atoms with Gasteiger partial charge in [0.1, 0.15) is 0 Å². The van der Waals surface area contributed by atoms with E-state index in [0.29, 0.717) is 5.41 Å². The Morgan fingerprint density at radius 3 is 2.74 bits per heavy atom. The minimum absolute atomic E-state index is 0.0618. The van der Waals surface area contributed by atoms with Crippen molar-refractivity contribution < 1.29 is 5.11 Å². The van der Waals surface area contributed by atoms with Crippen molar-refractivity contribution in [1.82, 2.24) is 5.43 Å². The Morgan fingerprint density at radius 1 is 1.22 bits per heavy atom. The molecule has 3 fully saturated rings. The number of fused-ring (bicyclic) bond motifs is 5. The van der Waals surface area contributed by atoms with Crippen LogP contribution in [0.4, 0.5) is 0 Å². The molecular weight excluding hydrogens is 354 g/mol. The SMILES string of the molecule is C/C(=N/NC(N)=S)C1=CC[C@@H]2[C@@H]3CC[C@H]4C[C@@H](O)CC[C@]4(C)[C@@H]3CC[C@]12C. The van der Waals surface area contributed by atoms with Gasteiger partial charge >= 0.3 is 0 Å². The highest BCUT2D eigenvalue weighted by atomic mass is 32.1. The van der Waals surface area contributed by atoms with Crippen molar-refractivity contribution in [2.45, 2.75) is 78.2 Å². The number of allylic oxidation sites excluding steroid dienone is 2. The van der Waals surface area contributed by atoms with Gasteiger partial charge in [-0.2, -0.15) is 5.10 Å². The molecule has 4 aliphatic rings. The van der Waals surface area contributed by atoms with E-state index in [-0.39, 0.29) is 16.6 Å². The molecule has 0 radical (unpaired) electrons. The third-order valence-electron chi connectivity index (χ3n) is 8.94. The Hall–Kier alpha value is -0.940. The largest absolute Gasteiger partial charge is 0.393 e. The van der Waals surface area contributed by atoms with Crippen LogP contribution in [-0.4, -0.2) is 22.0 Å². The molecule has 0 bridgehead atoms. The standard InChI is InChI=1S/C22H35N3OS/c1-13(24-25-20(23)27)17-6-7-18-16-5-4-14-12-15(26)8-10-21(14,2)19(16)9-11-22(17,18)3/h6,14-16,18-19,26H,4-5,7-12H2,1-3H3,(H3,23,25,27)/b24-13-/t14-,15-,16-,18+,19+,21-,22+/m0/s1. The third kappa shape index (κ3) is 3.05. The molecule has 0 amide bonds. The maximum atomic E-state index is 10.2. The quantitative estimate of drug-likeness (QED) is 0.377. The van der Waals surface area contributed by atoms with Gasteiger partial charge in [-0.1, -0.05) is 19.9 Å². The molecule has 27 heavy (non-hydrogen) atoms. The van der Waals surface area contributed by atoms with Crippen LogP contribution in [0.15, 0.2) is 16.8 Å². The van der Waals surface area contributed by atoms with Crippen molar-refractivity contribution in [3.63, 3.8) is 0 Å². The predicted molar refractivity (Wildman–Crippen MR) is 114 cm³/mol. The zero-order valence-corrected chi connectivity index (χ0v) is 17.8. The Balaban J connectivity index is 1.56. The number of rotatable bonds is 2. The Bertz CT molecular complexity index is 689. The first-order valence-corrected chi connectivity index (χ1v) is 11.2. The van der Waals surface area contributed by atoms with Gasteiger partial charge in [-0.3, -0.25) is 5.43 Å². The molecule has 150 valence electrons. The lowest BCUT2D eigenvalue weighted by molar-refractivity contribution is -0.117. The lowest BCUT2D eigenvalue weighted by Gasteiger charge is -2.60. The van der Waals surface area contributed by atoms with E-state index < -0.39 is 0 Å². The summed E-state index contributed by atoms with van der Waals surface area (Å²) in [4.78, 5) is 0. The van der Waals surface area contributed by atoms with Crippen LogP contribution in [0.1, 0.15) is 72.1 Å². The Kier molecular flexibility index (Phi) is 4.91. The second-order valence-corrected chi connectivity index (χ2v) is 10.5. The number of hydrogen-bond donors (Lipinski definition) is 3. The van der Waals surface area contributed by atoms with E-state index in [2.05, 4.69) is 37.4 Å². The van der Waals surface area contributed by atoms with E-state index in [1.54, 1.807) is 0 Å². The second-order valence-electron chi connectivity index (χ2n) is 10.1. The maximum Gasteiger partial charge on any atom is 0.184 e. The molecule has 0 unspecified atom stereocenters. The van der Waals surface area contributed by atoms with Crippen molar-refractivity contribution >= 4 is 23.0 Å². The lowest BCUT2D eigenvalue weighted by Crippen LogP contribution is -2.53. The summed E-state index contributed by atoms with van der Waals surface area (Å²) in [5.74, 6) is 3.08. The zero-order valence-electron chi connectivity index (χ0n) is 17.0. The van der Waals surface area contributed by atoms with Crippen LogP contribution in [0, 0.1) is 34.5 Å². The summed E-state index contributed by atoms with van der Waals surface area (Å²) in [7, 11) is 0. The van der Waals surface area contributed by atoms with Crippen LogP contribution >= 0.6 is 12.2 Å². The topological polar surface area (TPSA) is 70.6 Å². The van der Waals surface area contributed by atoms with E-state index in [9.17, 15) is 5.11 Å². The number of thiocarbonyl (C=S) groups is 1. The van der Waals surface area contributed by atoms with Gasteiger partial charge in [-0.25, -0.2) is 0 Å². The van der Waals surface area contributed by atoms with Crippen LogP contribution in [0.5, 0.6) is 0 Å². The summed E-state index contributed by atoms with van der Waals surface area (Å²) < 4.78 is 0. The van der Waals surface area contributed by atoms with Crippen LogP contribution in [0.2, 0.25) is 0 Å². The molecule has 0 saturated heterocycles. The summed E-state index contributed by atoms with van der Waals surface area (Å²) in [6, 6.07) is 0. The fraction of sp³-hybridized carbons (Fsp3) is 0.818. The number of hydrazone groups is 1. The number of nitrogens with zero attached hydrogens (tertiary/aromatic N) is 1. The number of aliphatic hydroxyl groups is 1. The Labute approximate surface area is 169 Å². The van der Waals surface area contributed by atoms with E-state index in [1.807, 2.05) is 0 Å². The fourth-order valence-electron chi connectivity index (χ4n) is 7.56. The smallest absolute Gasteiger partial charge is 0.184 e. The first kappa shape index (κ1) is 19.4. The van der Waals surface area contributed by atoms with Crippen LogP contribution < -0.4 is 11.2 Å². The summed E-state index contributed by atoms with van der Waals surface area (Å²) in [6.07, 6.45) is 12.0. The van der Waals surface area contributed by atoms with Crippen molar-refractivity contribution in [1.29, 1.82) is 0 Å². The Morgan fingerprint density at radius 2 is 2.00 bits per heavy atom. The highest BCUT2D eigenvalue weighted by molar-refractivity contribution is 7.80. The minimum atomic E-state index is -0.0618. The van der Waals surface area contributed by atoms with Gasteiger partial charge in [-0.15, -0.1) is 0 Å². The van der Waals surface area contributed by atoms with E-state index >= 15 is 0 Å². The first-order chi connectivity index (χ1) is 12.8. The van der Waals surface area contributed by atoms with Crippen molar-refractivity contribution in [3.8, 4) is 0 Å². The number of nitrogens with two attached hydrogens (primary N) is 1. The van der Waals surface area contributed by atoms with Crippen LogP contribution in [0.3, 0.4) is 0 Å². The molecule has 0 aliphatic heterocycles. The monoisotopic (exact) mass is 389 g/mol. The molecule has 0 heterocycles. The molecule has 7 atom stereocenters. The fourth-order valence-corrected chi connectivity index (χ4v) is 7.61. The molecule has 4 aliphatic carbocycles. The molecule has 0 spiro atoms. The van der Waals surface area contributed by atoms with Crippen molar-refractivity contribution in [2.75, 3.05) is 0 Å². The average Bonchev–Trinajstić information content (AvgIpc) is 2.97. The minimum Gasteiger partial charge on any atom is -0.393 e. The normalized spacial score (nSPS) is 46.7. The maximum absolute atomic E-state index is 10.2. The van der Waals surface area contributed by atoms with Crippen LogP contribution in [-0.2, 0) is 0 Å². The lowest BCUT2D eigenvalue weighted by atomic mass is 9.44. The van der Waals surface area contributed by atoms with Gasteiger partial charge in [-0.05, 0) is 111 Å². The predicted octanol–water partition coefficient (Wildman–Crippen LogP) is 4.14. The molecular formula is C22H35N3OS. The van der Waals surface area contributed by atoms with Crippen molar-refractivity contribution in [2.24, 2.45) is 45.3 Å². The molecule has 4 nitrogen and oxygen atoms in total. The van der Waals surface area contributed by atoms with Gasteiger partial charge in [0.25, 0.3) is 0 Å². The molecule has 5 heteroatoms. The number of hydrogen-bond acceptors (Lipinski definition) is 3. The summed E-state index contributed by atoms with van der Waals surface area (Å²) in [5.41, 5.74) is 11.4. The average molecular weight is 390 g/mol. The van der Waals surface area contributed by atoms with E-state index in [0.717, 1.165) is 42.2 Å². The molecule has 0 aromatic carbocycles. The van der Waals surface area contributed by atoms with E-state index in [4.69, 9.17) is 18.0 Å². The third-order valence-corrected chi connectivity index (χ3v) is 9.03. The van der Waals surface area contributed by atoms with Gasteiger partial charge in [0.2, 0.25) is 0 Å². The highest BCUT2D eigenvalue weighted by Gasteiger charge is 2.58. The summed E-state index contributed by atoms with van der Waals surface area (Å²) in [5, 5.41) is 14.9. The van der Waals surface area contributed by atoms with Gasteiger partial charge in [0.15, 0.2) is 5.11 Å². The van der Waals surface area contributed by atoms with Gasteiger partial charge in [0.05, 0.1) is 11.8 Å². The molecule has 4 N–H and O–H groups in total. The first-order valence-electron chi connectivity index (χ1n) is 10.7. The molecule has 0 aromatic rings. The summed E-state index contributed by atoms with van der Waals surface area (Å²) >= 11 is 4.90. The summed E-state index contributed by atoms with van der Waals surface area (Å²) in [6.45, 7) is 7.09. The highest BCUT2D eigenvalue weighted by Crippen LogP contribution is 2.66. The van der Waals surface area contributed by atoms with E-state index in [1.165, 1.54) is 44.1 Å². The molecule has 3 saturated carbocycles. The van der Waals surface area contributed by atoms with Crippen molar-refractivity contribution in [3.05, 3.63) is 11.6 Å².